The third-order valence-corrected chi connectivity index (χ3v) is 6.21. The van der Waals surface area contributed by atoms with E-state index < -0.39 is 21.8 Å². The standard InChI is InChI=1S/C19H19N3O5S/c1-12-10-13(22-6-8-27-9-7-22)2-5-17(12)21-28(25,26)14-3-4-15-16(11-14)19(24)20-18(15)23/h2-5,10-11,21H,6-9H2,1H3,(H,20,23,24). The molecule has 2 N–H and O–H groups in total. The highest BCUT2D eigenvalue weighted by Gasteiger charge is 2.29. The van der Waals surface area contributed by atoms with Crippen LogP contribution in [0.5, 0.6) is 0 Å². The molecule has 1 saturated heterocycles. The zero-order valence-electron chi connectivity index (χ0n) is 15.2. The van der Waals surface area contributed by atoms with E-state index in [0.29, 0.717) is 18.9 Å². The van der Waals surface area contributed by atoms with E-state index in [1.807, 2.05) is 19.1 Å². The molecule has 0 bridgehead atoms. The Hall–Kier alpha value is -2.91. The molecule has 2 aromatic carbocycles. The van der Waals surface area contributed by atoms with E-state index in [1.165, 1.54) is 18.2 Å². The predicted molar refractivity (Wildman–Crippen MR) is 103 cm³/mol. The molecule has 146 valence electrons. The van der Waals surface area contributed by atoms with Crippen LogP contribution in [0.1, 0.15) is 26.3 Å². The smallest absolute Gasteiger partial charge is 0.261 e. The van der Waals surface area contributed by atoms with Crippen LogP contribution >= 0.6 is 0 Å². The Morgan fingerprint density at radius 2 is 1.71 bits per heavy atom. The van der Waals surface area contributed by atoms with Crippen molar-refractivity contribution >= 4 is 33.2 Å². The predicted octanol–water partition coefficient (Wildman–Crippen LogP) is 1.52. The van der Waals surface area contributed by atoms with E-state index in [-0.39, 0.29) is 16.0 Å². The van der Waals surface area contributed by atoms with Gasteiger partial charge < -0.3 is 9.64 Å². The molecule has 2 amide bonds. The molecule has 0 atom stereocenters. The van der Waals surface area contributed by atoms with Gasteiger partial charge in [0.2, 0.25) is 0 Å². The van der Waals surface area contributed by atoms with Crippen LogP contribution in [0.3, 0.4) is 0 Å². The molecule has 1 fully saturated rings. The zero-order valence-corrected chi connectivity index (χ0v) is 16.0. The van der Waals surface area contributed by atoms with Gasteiger partial charge in [-0.05, 0) is 48.9 Å². The van der Waals surface area contributed by atoms with Crippen molar-refractivity contribution in [1.29, 1.82) is 0 Å². The molecule has 2 aliphatic rings. The van der Waals surface area contributed by atoms with Gasteiger partial charge in [-0.15, -0.1) is 0 Å². The lowest BCUT2D eigenvalue weighted by molar-refractivity contribution is 0.0879. The number of carbonyl (C=O) groups is 2. The SMILES string of the molecule is Cc1cc(N2CCOCC2)ccc1NS(=O)(=O)c1ccc2c(c1)C(=O)NC2=O. The summed E-state index contributed by atoms with van der Waals surface area (Å²) in [6, 6.07) is 9.40. The molecule has 9 heteroatoms. The largest absolute Gasteiger partial charge is 0.378 e. The molecule has 0 aliphatic carbocycles. The number of hydrogen-bond acceptors (Lipinski definition) is 6. The Morgan fingerprint density at radius 1 is 1.00 bits per heavy atom. The van der Waals surface area contributed by atoms with Crippen molar-refractivity contribution < 1.29 is 22.7 Å². The molecular formula is C19H19N3O5S. The molecule has 0 unspecified atom stereocenters. The summed E-state index contributed by atoms with van der Waals surface area (Å²) in [5.41, 5.74) is 2.48. The number of ether oxygens (including phenoxy) is 1. The highest BCUT2D eigenvalue weighted by atomic mass is 32.2. The minimum Gasteiger partial charge on any atom is -0.378 e. The summed E-state index contributed by atoms with van der Waals surface area (Å²) in [7, 11) is -3.91. The van der Waals surface area contributed by atoms with Crippen LogP contribution in [0.4, 0.5) is 11.4 Å². The monoisotopic (exact) mass is 401 g/mol. The first kappa shape index (κ1) is 18.5. The van der Waals surface area contributed by atoms with Crippen LogP contribution in [0.2, 0.25) is 0 Å². The maximum Gasteiger partial charge on any atom is 0.261 e. The van der Waals surface area contributed by atoms with Gasteiger partial charge in [0.1, 0.15) is 0 Å². The summed E-state index contributed by atoms with van der Waals surface area (Å²) in [4.78, 5) is 25.5. The van der Waals surface area contributed by atoms with Crippen molar-refractivity contribution in [3.8, 4) is 0 Å². The summed E-state index contributed by atoms with van der Waals surface area (Å²) in [6.45, 7) is 4.75. The van der Waals surface area contributed by atoms with Gasteiger partial charge in [-0.2, -0.15) is 0 Å². The van der Waals surface area contributed by atoms with Gasteiger partial charge >= 0.3 is 0 Å². The molecule has 0 radical (unpaired) electrons. The molecule has 2 aliphatic heterocycles. The average Bonchev–Trinajstić information content (AvgIpc) is 2.97. The van der Waals surface area contributed by atoms with Gasteiger partial charge in [0, 0.05) is 18.8 Å². The van der Waals surface area contributed by atoms with Gasteiger partial charge in [0.05, 0.1) is 34.9 Å². The van der Waals surface area contributed by atoms with Crippen LogP contribution in [0, 0.1) is 6.92 Å². The Balaban J connectivity index is 1.59. The van der Waals surface area contributed by atoms with Crippen molar-refractivity contribution in [2.24, 2.45) is 0 Å². The van der Waals surface area contributed by atoms with Crippen LogP contribution in [-0.4, -0.2) is 46.5 Å². The van der Waals surface area contributed by atoms with Crippen LogP contribution in [0.25, 0.3) is 0 Å². The first-order chi connectivity index (χ1) is 13.3. The van der Waals surface area contributed by atoms with E-state index in [1.54, 1.807) is 6.07 Å². The van der Waals surface area contributed by atoms with E-state index in [0.717, 1.165) is 24.3 Å². The van der Waals surface area contributed by atoms with Crippen molar-refractivity contribution in [3.05, 3.63) is 53.1 Å². The normalized spacial score (nSPS) is 16.7. The maximum atomic E-state index is 12.8. The second kappa shape index (κ2) is 6.92. The Bertz CT molecular complexity index is 1070. The van der Waals surface area contributed by atoms with Gasteiger partial charge in [-0.3, -0.25) is 19.6 Å². The highest BCUT2D eigenvalue weighted by Crippen LogP contribution is 2.27. The fourth-order valence-electron chi connectivity index (χ4n) is 3.30. The third kappa shape index (κ3) is 3.34. The number of fused-ring (bicyclic) bond motifs is 1. The number of aryl methyl sites for hydroxylation is 1. The summed E-state index contributed by atoms with van der Waals surface area (Å²) < 4.78 is 33.5. The summed E-state index contributed by atoms with van der Waals surface area (Å²) in [5.74, 6) is -1.12. The fraction of sp³-hybridized carbons (Fsp3) is 0.263. The number of amides is 2. The summed E-state index contributed by atoms with van der Waals surface area (Å²) in [5, 5.41) is 2.15. The number of nitrogens with one attached hydrogen (secondary N) is 2. The van der Waals surface area contributed by atoms with Gasteiger partial charge in [0.25, 0.3) is 21.8 Å². The Kier molecular flexibility index (Phi) is 4.56. The van der Waals surface area contributed by atoms with E-state index in [2.05, 4.69) is 14.9 Å². The Morgan fingerprint density at radius 3 is 2.43 bits per heavy atom. The number of sulfonamides is 1. The van der Waals surface area contributed by atoms with Gasteiger partial charge in [0.15, 0.2) is 0 Å². The van der Waals surface area contributed by atoms with E-state index >= 15 is 0 Å². The lowest BCUT2D eigenvalue weighted by Gasteiger charge is -2.29. The first-order valence-electron chi connectivity index (χ1n) is 8.81. The first-order valence-corrected chi connectivity index (χ1v) is 10.3. The van der Waals surface area contributed by atoms with Crippen LogP contribution in [0.15, 0.2) is 41.3 Å². The number of rotatable bonds is 4. The number of carbonyl (C=O) groups excluding carboxylic acids is 2. The minimum atomic E-state index is -3.91. The molecule has 2 aromatic rings. The number of nitrogens with zero attached hydrogens (tertiary/aromatic N) is 1. The molecule has 4 rings (SSSR count). The molecule has 0 saturated carbocycles. The number of hydrogen-bond donors (Lipinski definition) is 2. The van der Waals surface area contributed by atoms with Crippen molar-refractivity contribution in [3.63, 3.8) is 0 Å². The average molecular weight is 401 g/mol. The Labute approximate surface area is 162 Å². The highest BCUT2D eigenvalue weighted by molar-refractivity contribution is 7.92. The topological polar surface area (TPSA) is 105 Å². The quantitative estimate of drug-likeness (QED) is 0.753. The second-order valence-electron chi connectivity index (χ2n) is 6.69. The summed E-state index contributed by atoms with van der Waals surface area (Å²) >= 11 is 0. The van der Waals surface area contributed by atoms with Crippen LogP contribution in [-0.2, 0) is 14.8 Å². The molecule has 0 aromatic heterocycles. The van der Waals surface area contributed by atoms with Crippen molar-refractivity contribution in [1.82, 2.24) is 5.32 Å². The minimum absolute atomic E-state index is 0.0623. The molecule has 2 heterocycles. The van der Waals surface area contributed by atoms with E-state index in [9.17, 15) is 18.0 Å². The van der Waals surface area contributed by atoms with Gasteiger partial charge in [-0.1, -0.05) is 0 Å². The number of imide groups is 1. The lowest BCUT2D eigenvalue weighted by atomic mass is 10.1. The number of anilines is 2. The number of benzene rings is 2. The summed E-state index contributed by atoms with van der Waals surface area (Å²) in [6.07, 6.45) is 0. The molecule has 8 nitrogen and oxygen atoms in total. The van der Waals surface area contributed by atoms with Crippen molar-refractivity contribution in [2.45, 2.75) is 11.8 Å². The maximum absolute atomic E-state index is 12.8. The van der Waals surface area contributed by atoms with Gasteiger partial charge in [-0.25, -0.2) is 8.42 Å². The zero-order chi connectivity index (χ0) is 19.9. The van der Waals surface area contributed by atoms with Crippen LogP contribution < -0.4 is 14.9 Å². The molecular weight excluding hydrogens is 382 g/mol. The third-order valence-electron chi connectivity index (χ3n) is 4.85. The molecule has 0 spiro atoms. The fourth-order valence-corrected chi connectivity index (χ4v) is 4.46. The van der Waals surface area contributed by atoms with Crippen molar-refractivity contribution in [2.75, 3.05) is 35.9 Å². The second-order valence-corrected chi connectivity index (χ2v) is 8.38. The molecule has 28 heavy (non-hydrogen) atoms. The van der Waals surface area contributed by atoms with E-state index in [4.69, 9.17) is 4.74 Å². The lowest BCUT2D eigenvalue weighted by Crippen LogP contribution is -2.36. The number of morpholine rings is 1.